The molecule has 4 heterocycles. The minimum Gasteiger partial charge on any atom is -0.468 e. The van der Waals surface area contributed by atoms with Crippen molar-refractivity contribution in [1.29, 1.82) is 0 Å². The second kappa shape index (κ2) is 12.1. The lowest BCUT2D eigenvalue weighted by molar-refractivity contribution is -0.154. The first-order chi connectivity index (χ1) is 17.7. The van der Waals surface area contributed by atoms with Crippen molar-refractivity contribution in [1.82, 2.24) is 20.2 Å². The SMILES string of the molecule is O=C(NC1CCC(CCN2CCc3ccc(OCC(F)(F)F)nc3CC2)OC1)c1cccnc1C(F)F. The molecule has 4 rings (SSSR count). The second-order valence-electron chi connectivity index (χ2n) is 9.23. The lowest BCUT2D eigenvalue weighted by Crippen LogP contribution is -2.43. The highest BCUT2D eigenvalue weighted by atomic mass is 19.4. The molecule has 0 saturated carbocycles. The number of rotatable bonds is 8. The largest absolute Gasteiger partial charge is 0.468 e. The molecule has 0 bridgehead atoms. The third-order valence-corrected chi connectivity index (χ3v) is 6.55. The number of halogens is 5. The highest BCUT2D eigenvalue weighted by molar-refractivity contribution is 5.95. The van der Waals surface area contributed by atoms with Crippen LogP contribution in [0.4, 0.5) is 22.0 Å². The highest BCUT2D eigenvalue weighted by Gasteiger charge is 2.29. The van der Waals surface area contributed by atoms with Gasteiger partial charge in [-0.2, -0.15) is 13.2 Å². The van der Waals surface area contributed by atoms with Gasteiger partial charge in [0, 0.05) is 44.0 Å². The van der Waals surface area contributed by atoms with Gasteiger partial charge in [-0.25, -0.2) is 13.8 Å². The molecule has 0 radical (unpaired) electrons. The van der Waals surface area contributed by atoms with Crippen LogP contribution in [-0.4, -0.2) is 71.9 Å². The summed E-state index contributed by atoms with van der Waals surface area (Å²) in [4.78, 5) is 22.6. The van der Waals surface area contributed by atoms with E-state index in [0.717, 1.165) is 50.2 Å². The van der Waals surface area contributed by atoms with E-state index in [1.807, 2.05) is 0 Å². The molecule has 1 fully saturated rings. The van der Waals surface area contributed by atoms with E-state index in [1.54, 1.807) is 6.07 Å². The number of alkyl halides is 5. The van der Waals surface area contributed by atoms with Crippen molar-refractivity contribution < 1.29 is 36.2 Å². The summed E-state index contributed by atoms with van der Waals surface area (Å²) < 4.78 is 74.2. The number of ether oxygens (including phenoxy) is 2. The monoisotopic (exact) mass is 528 g/mol. The summed E-state index contributed by atoms with van der Waals surface area (Å²) in [7, 11) is 0. The van der Waals surface area contributed by atoms with E-state index in [0.29, 0.717) is 19.4 Å². The maximum Gasteiger partial charge on any atom is 0.422 e. The van der Waals surface area contributed by atoms with E-state index >= 15 is 0 Å². The van der Waals surface area contributed by atoms with Crippen LogP contribution in [0.25, 0.3) is 0 Å². The molecule has 2 aromatic rings. The smallest absolute Gasteiger partial charge is 0.422 e. The van der Waals surface area contributed by atoms with Crippen LogP contribution >= 0.6 is 0 Å². The van der Waals surface area contributed by atoms with Gasteiger partial charge in [0.2, 0.25) is 5.88 Å². The molecule has 0 aliphatic carbocycles. The van der Waals surface area contributed by atoms with Crippen LogP contribution in [0.1, 0.15) is 53.0 Å². The number of hydrogen-bond donors (Lipinski definition) is 1. The Labute approximate surface area is 211 Å². The average molecular weight is 529 g/mol. The quantitative estimate of drug-likeness (QED) is 0.520. The van der Waals surface area contributed by atoms with Gasteiger partial charge < -0.3 is 19.7 Å². The van der Waals surface area contributed by atoms with Crippen molar-refractivity contribution in [2.75, 3.05) is 32.8 Å². The molecule has 7 nitrogen and oxygen atoms in total. The molecule has 1 N–H and O–H groups in total. The number of carbonyl (C=O) groups excluding carboxylic acids is 1. The number of nitrogens with one attached hydrogen (secondary N) is 1. The van der Waals surface area contributed by atoms with E-state index in [2.05, 4.69) is 20.2 Å². The Kier molecular flexibility index (Phi) is 8.91. The Morgan fingerprint density at radius 3 is 2.73 bits per heavy atom. The molecule has 2 aliphatic rings. The van der Waals surface area contributed by atoms with Gasteiger partial charge in [0.1, 0.15) is 5.69 Å². The van der Waals surface area contributed by atoms with E-state index in [1.165, 1.54) is 24.4 Å². The molecule has 1 saturated heterocycles. The van der Waals surface area contributed by atoms with E-state index in [-0.39, 0.29) is 23.6 Å². The first-order valence-corrected chi connectivity index (χ1v) is 12.2. The Bertz CT molecular complexity index is 1060. The van der Waals surface area contributed by atoms with Crippen LogP contribution in [0.15, 0.2) is 30.5 Å². The second-order valence-corrected chi connectivity index (χ2v) is 9.23. The zero-order chi connectivity index (χ0) is 26.4. The standard InChI is InChI=1S/C25H29F5N4O3/c26-23(27)22-19(2-1-10-31-22)24(35)32-17-4-5-18(36-14-17)8-12-34-11-7-16-3-6-21(33-20(16)9-13-34)37-15-25(28,29)30/h1-3,6,10,17-18,23H,4-5,7-9,11-15H2,(H,32,35). The number of amides is 1. The molecule has 37 heavy (non-hydrogen) atoms. The average Bonchev–Trinajstić information content (AvgIpc) is 3.08. The summed E-state index contributed by atoms with van der Waals surface area (Å²) in [5.74, 6) is -0.601. The van der Waals surface area contributed by atoms with Gasteiger partial charge in [-0.1, -0.05) is 6.07 Å². The maximum atomic E-state index is 13.1. The third kappa shape index (κ3) is 7.81. The van der Waals surface area contributed by atoms with Crippen molar-refractivity contribution in [2.45, 2.75) is 56.9 Å². The summed E-state index contributed by atoms with van der Waals surface area (Å²) in [6.07, 6.45) is -2.42. The number of fused-ring (bicyclic) bond motifs is 1. The summed E-state index contributed by atoms with van der Waals surface area (Å²) in [5.41, 5.74) is 1.11. The van der Waals surface area contributed by atoms with Crippen LogP contribution in [0.3, 0.4) is 0 Å². The Morgan fingerprint density at radius 1 is 1.19 bits per heavy atom. The van der Waals surface area contributed by atoms with Gasteiger partial charge in [0.15, 0.2) is 6.61 Å². The van der Waals surface area contributed by atoms with E-state index in [4.69, 9.17) is 9.47 Å². The molecular weight excluding hydrogens is 499 g/mol. The number of pyridine rings is 2. The maximum absolute atomic E-state index is 13.1. The highest BCUT2D eigenvalue weighted by Crippen LogP contribution is 2.23. The predicted octanol–water partition coefficient (Wildman–Crippen LogP) is 4.12. The molecular formula is C25H29F5N4O3. The molecule has 1 amide bonds. The van der Waals surface area contributed by atoms with Crippen molar-refractivity contribution in [3.63, 3.8) is 0 Å². The number of aromatic nitrogens is 2. The molecule has 0 spiro atoms. The summed E-state index contributed by atoms with van der Waals surface area (Å²) in [5, 5.41) is 2.77. The fourth-order valence-corrected chi connectivity index (χ4v) is 4.59. The fraction of sp³-hybridized carbons (Fsp3) is 0.560. The molecule has 0 aromatic carbocycles. The van der Waals surface area contributed by atoms with Crippen LogP contribution < -0.4 is 10.1 Å². The Morgan fingerprint density at radius 2 is 2.00 bits per heavy atom. The van der Waals surface area contributed by atoms with Gasteiger partial charge in [0.05, 0.1) is 24.3 Å². The van der Waals surface area contributed by atoms with Crippen LogP contribution in [0.5, 0.6) is 5.88 Å². The summed E-state index contributed by atoms with van der Waals surface area (Å²) in [6, 6.07) is 5.79. The molecule has 2 aliphatic heterocycles. The topological polar surface area (TPSA) is 76.6 Å². The van der Waals surface area contributed by atoms with Gasteiger partial charge in [0.25, 0.3) is 12.3 Å². The number of hydrogen-bond acceptors (Lipinski definition) is 6. The molecule has 2 aromatic heterocycles. The fourth-order valence-electron chi connectivity index (χ4n) is 4.59. The molecule has 12 heteroatoms. The lowest BCUT2D eigenvalue weighted by atomic mass is 10.0. The lowest BCUT2D eigenvalue weighted by Gasteiger charge is -2.31. The van der Waals surface area contributed by atoms with Gasteiger partial charge in [-0.15, -0.1) is 0 Å². The summed E-state index contributed by atoms with van der Waals surface area (Å²) >= 11 is 0. The van der Waals surface area contributed by atoms with Crippen LogP contribution in [-0.2, 0) is 17.6 Å². The minimum atomic E-state index is -4.41. The molecule has 2 atom stereocenters. The first-order valence-electron chi connectivity index (χ1n) is 12.2. The number of carbonyl (C=O) groups is 1. The predicted molar refractivity (Wildman–Crippen MR) is 124 cm³/mol. The first kappa shape index (κ1) is 27.2. The minimum absolute atomic E-state index is 0.0178. The Balaban J connectivity index is 1.20. The van der Waals surface area contributed by atoms with E-state index in [9.17, 15) is 26.7 Å². The third-order valence-electron chi connectivity index (χ3n) is 6.55. The van der Waals surface area contributed by atoms with Gasteiger partial charge in [-0.3, -0.25) is 9.78 Å². The van der Waals surface area contributed by atoms with Crippen molar-refractivity contribution >= 4 is 5.91 Å². The van der Waals surface area contributed by atoms with Crippen molar-refractivity contribution in [3.05, 3.63) is 53.0 Å². The van der Waals surface area contributed by atoms with Crippen molar-refractivity contribution in [2.24, 2.45) is 0 Å². The molecule has 2 unspecified atom stereocenters. The van der Waals surface area contributed by atoms with Gasteiger partial charge in [-0.05, 0) is 43.4 Å². The normalized spacial score (nSPS) is 20.8. The number of nitrogens with zero attached hydrogens (tertiary/aromatic N) is 3. The zero-order valence-corrected chi connectivity index (χ0v) is 20.1. The summed E-state index contributed by atoms with van der Waals surface area (Å²) in [6.45, 7) is 1.26. The van der Waals surface area contributed by atoms with Crippen LogP contribution in [0, 0.1) is 0 Å². The van der Waals surface area contributed by atoms with Crippen molar-refractivity contribution in [3.8, 4) is 5.88 Å². The Hall–Kier alpha value is -2.86. The molecule has 202 valence electrons. The van der Waals surface area contributed by atoms with E-state index < -0.39 is 30.8 Å². The van der Waals surface area contributed by atoms with Crippen LogP contribution in [0.2, 0.25) is 0 Å². The van der Waals surface area contributed by atoms with Gasteiger partial charge >= 0.3 is 6.18 Å². The zero-order valence-electron chi connectivity index (χ0n) is 20.1.